The zero-order chi connectivity index (χ0) is 20.5. The summed E-state index contributed by atoms with van der Waals surface area (Å²) >= 11 is 6.49. The predicted octanol–water partition coefficient (Wildman–Crippen LogP) is 6.07. The molecule has 1 aromatic heterocycles. The molecule has 2 heterocycles. The maximum atomic E-state index is 13.8. The molecule has 4 nitrogen and oxygen atoms in total. The van der Waals surface area contributed by atoms with E-state index < -0.39 is 6.04 Å². The Morgan fingerprint density at radius 1 is 0.967 bits per heavy atom. The van der Waals surface area contributed by atoms with Crippen LogP contribution in [0.4, 0.5) is 10.1 Å². The number of nitrogens with zero attached hydrogens (tertiary/aromatic N) is 3. The van der Waals surface area contributed by atoms with E-state index >= 15 is 0 Å². The van der Waals surface area contributed by atoms with Crippen molar-refractivity contribution in [3.8, 4) is 11.5 Å². The van der Waals surface area contributed by atoms with E-state index in [4.69, 9.17) is 16.0 Å². The van der Waals surface area contributed by atoms with Gasteiger partial charge in [0.15, 0.2) is 0 Å². The minimum atomic E-state index is -0.412. The lowest BCUT2D eigenvalue weighted by Gasteiger charge is -2.36. The van der Waals surface area contributed by atoms with Gasteiger partial charge >= 0.3 is 0 Å². The fourth-order valence-electron chi connectivity index (χ4n) is 4.03. The van der Waals surface area contributed by atoms with Crippen molar-refractivity contribution in [3.63, 3.8) is 0 Å². The van der Waals surface area contributed by atoms with Gasteiger partial charge in [-0.25, -0.2) is 4.39 Å². The first-order valence-electron chi connectivity index (χ1n) is 9.89. The first kappa shape index (κ1) is 18.8. The van der Waals surface area contributed by atoms with Crippen molar-refractivity contribution in [3.05, 3.63) is 101 Å². The average molecular weight is 420 g/mol. The summed E-state index contributed by atoms with van der Waals surface area (Å²) in [4.78, 5) is 2.22. The zero-order valence-corrected chi connectivity index (χ0v) is 16.9. The average Bonchev–Trinajstić information content (AvgIpc) is 3.26. The quantitative estimate of drug-likeness (QED) is 0.402. The third kappa shape index (κ3) is 3.46. The third-order valence-electron chi connectivity index (χ3n) is 5.41. The van der Waals surface area contributed by atoms with Gasteiger partial charge in [-0.05, 0) is 48.7 Å². The molecule has 0 unspecified atom stereocenters. The molecule has 0 saturated carbocycles. The standard InChI is InChI=1S/C24H19ClFN3O/c25-20-15-18(26)12-13-19(20)22(29-14-6-10-16-7-4-5-11-21(16)29)24-28-27-23(30-24)17-8-2-1-3-9-17/h1-5,7-9,11-13,15,22H,6,10,14H2/t22-/m1/s1. The lowest BCUT2D eigenvalue weighted by Crippen LogP contribution is -2.34. The molecule has 1 aliphatic rings. The molecule has 0 fully saturated rings. The molecule has 0 aliphatic carbocycles. The van der Waals surface area contributed by atoms with E-state index in [9.17, 15) is 4.39 Å². The molecule has 1 atom stereocenters. The van der Waals surface area contributed by atoms with Gasteiger partial charge in [0.05, 0.1) is 0 Å². The monoisotopic (exact) mass is 419 g/mol. The Kier molecular flexibility index (Phi) is 4.97. The van der Waals surface area contributed by atoms with E-state index in [2.05, 4.69) is 27.2 Å². The van der Waals surface area contributed by atoms with E-state index in [0.29, 0.717) is 16.8 Å². The SMILES string of the molecule is Fc1ccc([C@H](c2nnc(-c3ccccc3)o2)N2CCCc3ccccc32)c(Cl)c1. The van der Waals surface area contributed by atoms with Gasteiger partial charge in [0.1, 0.15) is 11.9 Å². The van der Waals surface area contributed by atoms with E-state index in [0.717, 1.165) is 36.2 Å². The number of aromatic nitrogens is 2. The summed E-state index contributed by atoms with van der Waals surface area (Å²) < 4.78 is 19.9. The van der Waals surface area contributed by atoms with Crippen molar-refractivity contribution in [1.29, 1.82) is 0 Å². The number of halogens is 2. The lowest BCUT2D eigenvalue weighted by atomic mass is 9.97. The number of hydrogen-bond acceptors (Lipinski definition) is 4. The Morgan fingerprint density at radius 2 is 1.77 bits per heavy atom. The van der Waals surface area contributed by atoms with E-state index in [1.807, 2.05) is 42.5 Å². The molecule has 6 heteroatoms. The van der Waals surface area contributed by atoms with E-state index in [1.165, 1.54) is 17.7 Å². The Balaban J connectivity index is 1.64. The molecule has 30 heavy (non-hydrogen) atoms. The highest BCUT2D eigenvalue weighted by molar-refractivity contribution is 6.31. The molecule has 0 N–H and O–H groups in total. The van der Waals surface area contributed by atoms with Gasteiger partial charge < -0.3 is 9.32 Å². The Bertz CT molecular complexity index is 1180. The van der Waals surface area contributed by atoms with Crippen LogP contribution in [0.2, 0.25) is 5.02 Å². The van der Waals surface area contributed by atoms with Crippen LogP contribution in [0.5, 0.6) is 0 Å². The lowest BCUT2D eigenvalue weighted by molar-refractivity contribution is 0.462. The molecule has 3 aromatic carbocycles. The van der Waals surface area contributed by atoms with Gasteiger partial charge in [-0.15, -0.1) is 10.2 Å². The normalized spacial score (nSPS) is 14.4. The van der Waals surface area contributed by atoms with Crippen molar-refractivity contribution in [2.75, 3.05) is 11.4 Å². The maximum absolute atomic E-state index is 13.8. The van der Waals surface area contributed by atoms with Crippen LogP contribution in [0.1, 0.15) is 29.5 Å². The highest BCUT2D eigenvalue weighted by atomic mass is 35.5. The van der Waals surface area contributed by atoms with Crippen LogP contribution in [-0.4, -0.2) is 16.7 Å². The van der Waals surface area contributed by atoms with Crippen molar-refractivity contribution in [2.24, 2.45) is 0 Å². The summed E-state index contributed by atoms with van der Waals surface area (Å²) in [5.41, 5.74) is 3.95. The first-order chi connectivity index (χ1) is 14.7. The van der Waals surface area contributed by atoms with Crippen LogP contribution in [0.25, 0.3) is 11.5 Å². The van der Waals surface area contributed by atoms with Crippen LogP contribution in [0, 0.1) is 5.82 Å². The largest absolute Gasteiger partial charge is 0.418 e. The first-order valence-corrected chi connectivity index (χ1v) is 10.3. The van der Waals surface area contributed by atoms with Crippen molar-refractivity contribution in [1.82, 2.24) is 10.2 Å². The van der Waals surface area contributed by atoms with Crippen LogP contribution >= 0.6 is 11.6 Å². The third-order valence-corrected chi connectivity index (χ3v) is 5.74. The number of anilines is 1. The Hall–Kier alpha value is -3.18. The Labute approximate surface area is 178 Å². The molecular weight excluding hydrogens is 401 g/mol. The molecule has 5 rings (SSSR count). The molecule has 1 aliphatic heterocycles. The van der Waals surface area contributed by atoms with Crippen molar-refractivity contribution in [2.45, 2.75) is 18.9 Å². The van der Waals surface area contributed by atoms with E-state index in [1.54, 1.807) is 6.07 Å². The second-order valence-electron chi connectivity index (χ2n) is 7.31. The number of benzene rings is 3. The summed E-state index contributed by atoms with van der Waals surface area (Å²) in [6.07, 6.45) is 2.00. The highest BCUT2D eigenvalue weighted by Gasteiger charge is 2.32. The summed E-state index contributed by atoms with van der Waals surface area (Å²) in [6.45, 7) is 0.804. The smallest absolute Gasteiger partial charge is 0.247 e. The number of aryl methyl sites for hydroxylation is 1. The van der Waals surface area contributed by atoms with E-state index in [-0.39, 0.29) is 5.82 Å². The number of fused-ring (bicyclic) bond motifs is 1. The van der Waals surface area contributed by atoms with Crippen molar-refractivity contribution >= 4 is 17.3 Å². The molecular formula is C24H19ClFN3O. The summed E-state index contributed by atoms with van der Waals surface area (Å²) in [7, 11) is 0. The highest BCUT2D eigenvalue weighted by Crippen LogP contribution is 2.40. The number of para-hydroxylation sites is 1. The second kappa shape index (κ2) is 7.92. The van der Waals surface area contributed by atoms with Gasteiger partial charge in [0.2, 0.25) is 11.8 Å². The molecule has 0 bridgehead atoms. The predicted molar refractivity (Wildman–Crippen MR) is 115 cm³/mol. The van der Waals surface area contributed by atoms with Gasteiger partial charge in [-0.1, -0.05) is 54.1 Å². The molecule has 150 valence electrons. The zero-order valence-electron chi connectivity index (χ0n) is 16.1. The van der Waals surface area contributed by atoms with Crippen LogP contribution in [-0.2, 0) is 6.42 Å². The fraction of sp³-hybridized carbons (Fsp3) is 0.167. The summed E-state index contributed by atoms with van der Waals surface area (Å²) in [6, 6.07) is 22.0. The van der Waals surface area contributed by atoms with Crippen LogP contribution in [0.15, 0.2) is 77.2 Å². The maximum Gasteiger partial charge on any atom is 0.247 e. The molecule has 0 spiro atoms. The van der Waals surface area contributed by atoms with Gasteiger partial charge in [0.25, 0.3) is 0 Å². The Morgan fingerprint density at radius 3 is 2.60 bits per heavy atom. The molecule has 4 aromatic rings. The van der Waals surface area contributed by atoms with Crippen LogP contribution < -0.4 is 4.90 Å². The topological polar surface area (TPSA) is 42.2 Å². The van der Waals surface area contributed by atoms with Gasteiger partial charge in [-0.2, -0.15) is 0 Å². The van der Waals surface area contributed by atoms with Crippen molar-refractivity contribution < 1.29 is 8.81 Å². The van der Waals surface area contributed by atoms with Gasteiger partial charge in [0, 0.05) is 28.4 Å². The van der Waals surface area contributed by atoms with Crippen LogP contribution in [0.3, 0.4) is 0 Å². The molecule has 0 saturated heterocycles. The minimum Gasteiger partial charge on any atom is -0.418 e. The fourth-order valence-corrected chi connectivity index (χ4v) is 4.30. The number of hydrogen-bond donors (Lipinski definition) is 0. The molecule has 0 radical (unpaired) electrons. The summed E-state index contributed by atoms with van der Waals surface area (Å²) in [5, 5.41) is 8.98. The van der Waals surface area contributed by atoms with Gasteiger partial charge in [-0.3, -0.25) is 0 Å². The second-order valence-corrected chi connectivity index (χ2v) is 7.71. The number of rotatable bonds is 4. The summed E-state index contributed by atoms with van der Waals surface area (Å²) in [5.74, 6) is 0.496. The minimum absolute atomic E-state index is 0.336. The molecule has 0 amide bonds.